The van der Waals surface area contributed by atoms with Gasteiger partial charge in [0.05, 0.1) is 4.90 Å². The van der Waals surface area contributed by atoms with Gasteiger partial charge < -0.3 is 0 Å². The summed E-state index contributed by atoms with van der Waals surface area (Å²) < 4.78 is 28.4. The monoisotopic (exact) mass is 427 g/mol. The van der Waals surface area contributed by atoms with E-state index in [1.54, 1.807) is 22.5 Å². The van der Waals surface area contributed by atoms with Crippen molar-refractivity contribution in [3.63, 3.8) is 0 Å². The molecule has 0 unspecified atom stereocenters. The Morgan fingerprint density at radius 3 is 2.58 bits per heavy atom. The van der Waals surface area contributed by atoms with Crippen LogP contribution in [0.15, 0.2) is 32.0 Å². The topological polar surface area (TPSA) is 37.4 Å². The van der Waals surface area contributed by atoms with E-state index in [4.69, 9.17) is 0 Å². The van der Waals surface area contributed by atoms with Crippen molar-refractivity contribution in [3.8, 4) is 0 Å². The summed E-state index contributed by atoms with van der Waals surface area (Å²) in [7, 11) is -3.43. The molecule has 19 heavy (non-hydrogen) atoms. The van der Waals surface area contributed by atoms with E-state index in [-0.39, 0.29) is 4.75 Å². The molecule has 2 rings (SSSR count). The van der Waals surface area contributed by atoms with Crippen LogP contribution < -0.4 is 0 Å². The number of thioether (sulfide) groups is 1. The van der Waals surface area contributed by atoms with Gasteiger partial charge in [-0.1, -0.05) is 15.9 Å². The maximum atomic E-state index is 12.7. The van der Waals surface area contributed by atoms with E-state index >= 15 is 0 Å². The van der Waals surface area contributed by atoms with Crippen LogP contribution in [0.1, 0.15) is 13.8 Å². The maximum absolute atomic E-state index is 12.7. The quantitative estimate of drug-likeness (QED) is 0.720. The minimum atomic E-state index is -3.43. The molecule has 0 aliphatic carbocycles. The molecule has 1 fully saturated rings. The first kappa shape index (κ1) is 15.8. The molecule has 106 valence electrons. The Morgan fingerprint density at radius 1 is 1.32 bits per heavy atom. The molecule has 1 aliphatic heterocycles. The summed E-state index contributed by atoms with van der Waals surface area (Å²) in [6, 6.07) is 5.15. The number of rotatable bonds is 2. The Kier molecular flexibility index (Phi) is 4.72. The van der Waals surface area contributed by atoms with Gasteiger partial charge in [0, 0.05) is 32.5 Å². The molecule has 0 spiro atoms. The van der Waals surface area contributed by atoms with Crippen LogP contribution in [-0.4, -0.2) is 36.3 Å². The highest BCUT2D eigenvalue weighted by Crippen LogP contribution is 2.34. The number of sulfonamides is 1. The van der Waals surface area contributed by atoms with Crippen LogP contribution in [-0.2, 0) is 10.0 Å². The SMILES string of the molecule is CC1(C)CN(S(=O)(=O)c2ccc(Br)cc2Br)CCS1. The summed E-state index contributed by atoms with van der Waals surface area (Å²) in [6.07, 6.45) is 0. The molecule has 0 N–H and O–H groups in total. The van der Waals surface area contributed by atoms with Crippen molar-refractivity contribution >= 4 is 53.6 Å². The molecular weight excluding hydrogens is 414 g/mol. The number of nitrogens with zero attached hydrogens (tertiary/aromatic N) is 1. The second kappa shape index (κ2) is 5.67. The number of hydrogen-bond donors (Lipinski definition) is 0. The highest BCUT2D eigenvalue weighted by atomic mass is 79.9. The third-order valence-corrected chi connectivity index (χ3v) is 7.51. The third-order valence-electron chi connectivity index (χ3n) is 2.90. The first-order valence-electron chi connectivity index (χ1n) is 5.81. The Labute approximate surface area is 135 Å². The Hall–Kier alpha value is 0.440. The largest absolute Gasteiger partial charge is 0.244 e. The Morgan fingerprint density at radius 2 is 2.00 bits per heavy atom. The summed E-state index contributed by atoms with van der Waals surface area (Å²) in [5, 5.41) is 0. The molecule has 0 aromatic heterocycles. The van der Waals surface area contributed by atoms with Crippen molar-refractivity contribution < 1.29 is 8.42 Å². The zero-order valence-corrected chi connectivity index (χ0v) is 15.5. The first-order valence-corrected chi connectivity index (χ1v) is 9.83. The summed E-state index contributed by atoms with van der Waals surface area (Å²) in [4.78, 5) is 0.332. The zero-order chi connectivity index (χ0) is 14.3. The van der Waals surface area contributed by atoms with Crippen molar-refractivity contribution in [1.29, 1.82) is 0 Å². The van der Waals surface area contributed by atoms with Crippen LogP contribution in [0.5, 0.6) is 0 Å². The minimum absolute atomic E-state index is 0.0346. The van der Waals surface area contributed by atoms with Crippen molar-refractivity contribution in [3.05, 3.63) is 27.1 Å². The van der Waals surface area contributed by atoms with Crippen molar-refractivity contribution in [1.82, 2.24) is 4.31 Å². The molecule has 3 nitrogen and oxygen atoms in total. The smallest absolute Gasteiger partial charge is 0.207 e. The lowest BCUT2D eigenvalue weighted by Crippen LogP contribution is -2.46. The fraction of sp³-hybridized carbons (Fsp3) is 0.500. The maximum Gasteiger partial charge on any atom is 0.244 e. The fourth-order valence-corrected chi connectivity index (χ4v) is 6.62. The Balaban J connectivity index is 2.37. The van der Waals surface area contributed by atoms with Crippen LogP contribution in [0, 0.1) is 0 Å². The third kappa shape index (κ3) is 3.56. The lowest BCUT2D eigenvalue weighted by atomic mass is 10.2. The summed E-state index contributed by atoms with van der Waals surface area (Å²) in [5.74, 6) is 0.834. The predicted molar refractivity (Wildman–Crippen MR) is 87.1 cm³/mol. The van der Waals surface area contributed by atoms with Gasteiger partial charge >= 0.3 is 0 Å². The van der Waals surface area contributed by atoms with Gasteiger partial charge in [-0.3, -0.25) is 0 Å². The molecule has 0 saturated carbocycles. The van der Waals surface area contributed by atoms with Gasteiger partial charge in [0.25, 0.3) is 0 Å². The van der Waals surface area contributed by atoms with E-state index in [1.807, 2.05) is 11.8 Å². The number of hydrogen-bond acceptors (Lipinski definition) is 3. The van der Waals surface area contributed by atoms with Crippen LogP contribution in [0.2, 0.25) is 0 Å². The van der Waals surface area contributed by atoms with E-state index in [0.717, 1.165) is 10.2 Å². The minimum Gasteiger partial charge on any atom is -0.207 e. The van der Waals surface area contributed by atoms with Gasteiger partial charge in [0.1, 0.15) is 0 Å². The fourth-order valence-electron chi connectivity index (χ4n) is 2.00. The average molecular weight is 429 g/mol. The second-order valence-corrected chi connectivity index (χ2v) is 10.5. The van der Waals surface area contributed by atoms with E-state index in [0.29, 0.717) is 22.5 Å². The van der Waals surface area contributed by atoms with Crippen molar-refractivity contribution in [2.45, 2.75) is 23.5 Å². The van der Waals surface area contributed by atoms with E-state index in [9.17, 15) is 8.42 Å². The summed E-state index contributed by atoms with van der Waals surface area (Å²) in [5.41, 5.74) is 0. The van der Waals surface area contributed by atoms with Crippen molar-refractivity contribution in [2.75, 3.05) is 18.8 Å². The van der Waals surface area contributed by atoms with Gasteiger partial charge in [-0.15, -0.1) is 0 Å². The summed E-state index contributed by atoms with van der Waals surface area (Å²) >= 11 is 8.49. The lowest BCUT2D eigenvalue weighted by molar-refractivity contribution is 0.387. The van der Waals surface area contributed by atoms with E-state index in [1.165, 1.54) is 0 Å². The number of halogens is 2. The zero-order valence-electron chi connectivity index (χ0n) is 10.7. The highest BCUT2D eigenvalue weighted by Gasteiger charge is 2.35. The van der Waals surface area contributed by atoms with Crippen molar-refractivity contribution in [2.24, 2.45) is 0 Å². The first-order chi connectivity index (χ1) is 8.72. The van der Waals surface area contributed by atoms with Gasteiger partial charge in [0.2, 0.25) is 10.0 Å². The lowest BCUT2D eigenvalue weighted by Gasteiger charge is -2.36. The second-order valence-electron chi connectivity index (χ2n) is 5.02. The molecule has 1 aliphatic rings. The molecule has 1 saturated heterocycles. The van der Waals surface area contributed by atoms with Gasteiger partial charge in [-0.2, -0.15) is 16.1 Å². The standard InChI is InChI=1S/C12H15Br2NO2S2/c1-12(2)8-15(5-6-18-12)19(16,17)11-4-3-9(13)7-10(11)14/h3-4,7H,5-6,8H2,1-2H3. The van der Waals surface area contributed by atoms with Crippen LogP contribution in [0.3, 0.4) is 0 Å². The molecule has 0 amide bonds. The van der Waals surface area contributed by atoms with Crippen LogP contribution in [0.25, 0.3) is 0 Å². The normalized spacial score (nSPS) is 20.4. The van der Waals surface area contributed by atoms with Crippen LogP contribution in [0.4, 0.5) is 0 Å². The molecule has 0 bridgehead atoms. The van der Waals surface area contributed by atoms with Gasteiger partial charge in [-0.05, 0) is 48.0 Å². The molecule has 0 radical (unpaired) electrons. The predicted octanol–water partition coefficient (Wildman–Crippen LogP) is 3.73. The Bertz CT molecular complexity index is 587. The molecule has 7 heteroatoms. The molecule has 1 aromatic carbocycles. The van der Waals surface area contributed by atoms with Gasteiger partial charge in [-0.25, -0.2) is 8.42 Å². The summed E-state index contributed by atoms with van der Waals surface area (Å²) in [6.45, 7) is 5.27. The molecule has 1 aromatic rings. The van der Waals surface area contributed by atoms with Gasteiger partial charge in [0.15, 0.2) is 0 Å². The molecule has 1 heterocycles. The molecular formula is C12H15Br2NO2S2. The van der Waals surface area contributed by atoms with E-state index < -0.39 is 10.0 Å². The molecule has 0 atom stereocenters. The average Bonchev–Trinajstić information content (AvgIpc) is 2.27. The number of benzene rings is 1. The van der Waals surface area contributed by atoms with E-state index in [2.05, 4.69) is 45.7 Å². The highest BCUT2D eigenvalue weighted by molar-refractivity contribution is 9.11. The van der Waals surface area contributed by atoms with Crippen LogP contribution >= 0.6 is 43.6 Å².